The number of guanidine groups is 1. The van der Waals surface area contributed by atoms with E-state index < -0.39 is 0 Å². The molecule has 1 aliphatic rings. The summed E-state index contributed by atoms with van der Waals surface area (Å²) in [5.41, 5.74) is 0.997. The zero-order chi connectivity index (χ0) is 17.7. The number of aromatic nitrogens is 3. The molecule has 8 heteroatoms. The first-order valence-corrected chi connectivity index (χ1v) is 8.63. The van der Waals surface area contributed by atoms with Crippen LogP contribution in [0.5, 0.6) is 0 Å². The highest BCUT2D eigenvalue weighted by atomic mass is 127. The molecular formula is C18H27IN6O. The van der Waals surface area contributed by atoms with E-state index in [-0.39, 0.29) is 29.6 Å². The summed E-state index contributed by atoms with van der Waals surface area (Å²) in [5.74, 6) is 2.56. The molecule has 1 atom stereocenters. The summed E-state index contributed by atoms with van der Waals surface area (Å²) in [7, 11) is 1.77. The predicted molar refractivity (Wildman–Crippen MR) is 113 cm³/mol. The lowest BCUT2D eigenvalue weighted by Gasteiger charge is -2.24. The van der Waals surface area contributed by atoms with Gasteiger partial charge >= 0.3 is 0 Å². The molecule has 1 aliphatic heterocycles. The van der Waals surface area contributed by atoms with Crippen LogP contribution in [-0.4, -0.2) is 46.3 Å². The minimum absolute atomic E-state index is 0. The molecule has 2 aromatic rings. The number of rotatable bonds is 5. The lowest BCUT2D eigenvalue weighted by atomic mass is 10.0. The number of aryl methyl sites for hydroxylation is 1. The van der Waals surface area contributed by atoms with Gasteiger partial charge in [-0.25, -0.2) is 9.97 Å². The first-order chi connectivity index (χ1) is 12.1. The fourth-order valence-electron chi connectivity index (χ4n) is 2.94. The third-order valence-electron chi connectivity index (χ3n) is 4.50. The number of ether oxygens (including phenoxy) is 1. The second-order valence-corrected chi connectivity index (χ2v) is 6.55. The number of halogens is 1. The maximum absolute atomic E-state index is 5.79. The van der Waals surface area contributed by atoms with E-state index in [1.54, 1.807) is 13.2 Å². The Bertz CT molecular complexity index is 722. The quantitative estimate of drug-likeness (QED) is 0.399. The smallest absolute Gasteiger partial charge is 0.191 e. The Morgan fingerprint density at radius 1 is 1.35 bits per heavy atom. The normalized spacial score (nSPS) is 19.9. The lowest BCUT2D eigenvalue weighted by Crippen LogP contribution is -2.45. The molecule has 1 fully saturated rings. The van der Waals surface area contributed by atoms with E-state index in [4.69, 9.17) is 4.74 Å². The third-order valence-corrected chi connectivity index (χ3v) is 4.50. The number of hydrogen-bond acceptors (Lipinski definition) is 4. The molecule has 0 spiro atoms. The fraction of sp³-hybridized carbons (Fsp3) is 0.500. The molecule has 0 aliphatic carbocycles. The largest absolute Gasteiger partial charge is 0.373 e. The Morgan fingerprint density at radius 3 is 2.77 bits per heavy atom. The van der Waals surface area contributed by atoms with E-state index in [1.165, 1.54) is 0 Å². The van der Waals surface area contributed by atoms with Crippen molar-refractivity contribution in [3.63, 3.8) is 0 Å². The van der Waals surface area contributed by atoms with Crippen molar-refractivity contribution in [2.75, 3.05) is 20.2 Å². The van der Waals surface area contributed by atoms with Gasteiger partial charge < -0.3 is 15.4 Å². The van der Waals surface area contributed by atoms with Crippen molar-refractivity contribution in [1.29, 1.82) is 0 Å². The van der Waals surface area contributed by atoms with Crippen molar-refractivity contribution in [2.24, 2.45) is 4.99 Å². The molecule has 0 saturated carbocycles. The van der Waals surface area contributed by atoms with Crippen molar-refractivity contribution in [1.82, 2.24) is 25.2 Å². The molecule has 3 heterocycles. The summed E-state index contributed by atoms with van der Waals surface area (Å²) in [6, 6.07) is 4.05. The summed E-state index contributed by atoms with van der Waals surface area (Å²) in [5, 5.41) is 6.66. The predicted octanol–water partition coefficient (Wildman–Crippen LogP) is 2.43. The molecule has 0 radical (unpaired) electrons. The van der Waals surface area contributed by atoms with E-state index in [2.05, 4.69) is 38.6 Å². The van der Waals surface area contributed by atoms with Crippen LogP contribution in [0.2, 0.25) is 0 Å². The fourth-order valence-corrected chi connectivity index (χ4v) is 2.94. The van der Waals surface area contributed by atoms with Gasteiger partial charge in [0.15, 0.2) is 5.96 Å². The van der Waals surface area contributed by atoms with Crippen molar-refractivity contribution >= 4 is 29.9 Å². The summed E-state index contributed by atoms with van der Waals surface area (Å²) in [6.45, 7) is 6.36. The molecule has 1 unspecified atom stereocenters. The lowest BCUT2D eigenvalue weighted by molar-refractivity contribution is 0.0243. The first kappa shape index (κ1) is 20.6. The van der Waals surface area contributed by atoms with Gasteiger partial charge in [-0.3, -0.25) is 9.56 Å². The standard InChI is InChI=1S/C18H26N6O.HI/c1-14-20-8-9-24(14)16-6-5-15(11-21-16)12-22-17(19-3)23-13-18(2)7-4-10-25-18;/h5-6,8-9,11H,4,7,10,12-13H2,1-3H3,(H2,19,22,23);1H. The topological polar surface area (TPSA) is 76.4 Å². The number of nitrogens with one attached hydrogen (secondary N) is 2. The van der Waals surface area contributed by atoms with Gasteiger partial charge in [-0.15, -0.1) is 24.0 Å². The third kappa shape index (κ3) is 5.16. The molecule has 142 valence electrons. The molecule has 0 bridgehead atoms. The van der Waals surface area contributed by atoms with Crippen molar-refractivity contribution < 1.29 is 4.74 Å². The van der Waals surface area contributed by atoms with Crippen LogP contribution in [0.4, 0.5) is 0 Å². The number of imidazole rings is 1. The Labute approximate surface area is 171 Å². The van der Waals surface area contributed by atoms with Gasteiger partial charge in [0.1, 0.15) is 11.6 Å². The van der Waals surface area contributed by atoms with E-state index in [9.17, 15) is 0 Å². The van der Waals surface area contributed by atoms with Crippen LogP contribution in [0.3, 0.4) is 0 Å². The number of nitrogens with zero attached hydrogens (tertiary/aromatic N) is 4. The molecule has 3 rings (SSSR count). The van der Waals surface area contributed by atoms with Crippen LogP contribution in [0.15, 0.2) is 35.7 Å². The average Bonchev–Trinajstić information content (AvgIpc) is 3.24. The Kier molecular flexibility index (Phi) is 7.39. The number of hydrogen-bond donors (Lipinski definition) is 2. The summed E-state index contributed by atoms with van der Waals surface area (Å²) < 4.78 is 7.75. The van der Waals surface area contributed by atoms with Crippen LogP contribution in [0, 0.1) is 6.92 Å². The average molecular weight is 470 g/mol. The maximum Gasteiger partial charge on any atom is 0.191 e. The van der Waals surface area contributed by atoms with Crippen LogP contribution in [0.25, 0.3) is 5.82 Å². The van der Waals surface area contributed by atoms with Gasteiger partial charge in [-0.05, 0) is 38.3 Å². The summed E-state index contributed by atoms with van der Waals surface area (Å²) >= 11 is 0. The van der Waals surface area contributed by atoms with Gasteiger partial charge in [0.25, 0.3) is 0 Å². The van der Waals surface area contributed by atoms with Gasteiger partial charge in [0, 0.05) is 45.3 Å². The molecule has 0 aromatic carbocycles. The molecule has 1 saturated heterocycles. The number of pyridine rings is 1. The maximum atomic E-state index is 5.79. The zero-order valence-corrected chi connectivity index (χ0v) is 17.9. The zero-order valence-electron chi connectivity index (χ0n) is 15.5. The van der Waals surface area contributed by atoms with Crippen LogP contribution < -0.4 is 10.6 Å². The Morgan fingerprint density at radius 2 is 2.19 bits per heavy atom. The van der Waals surface area contributed by atoms with Crippen LogP contribution in [0.1, 0.15) is 31.2 Å². The van der Waals surface area contributed by atoms with Crippen molar-refractivity contribution in [3.05, 3.63) is 42.1 Å². The summed E-state index contributed by atoms with van der Waals surface area (Å²) in [4.78, 5) is 13.0. The van der Waals surface area contributed by atoms with Crippen LogP contribution >= 0.6 is 24.0 Å². The molecule has 7 nitrogen and oxygen atoms in total. The molecule has 0 amide bonds. The monoisotopic (exact) mass is 470 g/mol. The van der Waals surface area contributed by atoms with Gasteiger partial charge in [0.05, 0.1) is 5.60 Å². The minimum Gasteiger partial charge on any atom is -0.373 e. The van der Waals surface area contributed by atoms with Gasteiger partial charge in [-0.1, -0.05) is 6.07 Å². The molecular weight excluding hydrogens is 443 g/mol. The van der Waals surface area contributed by atoms with E-state index >= 15 is 0 Å². The van der Waals surface area contributed by atoms with Crippen molar-refractivity contribution in [2.45, 2.75) is 38.8 Å². The van der Waals surface area contributed by atoms with E-state index in [1.807, 2.05) is 30.0 Å². The molecule has 2 N–H and O–H groups in total. The molecule has 2 aromatic heterocycles. The Hall–Kier alpha value is -1.68. The molecule has 26 heavy (non-hydrogen) atoms. The highest BCUT2D eigenvalue weighted by molar-refractivity contribution is 14.0. The van der Waals surface area contributed by atoms with Gasteiger partial charge in [-0.2, -0.15) is 0 Å². The van der Waals surface area contributed by atoms with Crippen molar-refractivity contribution in [3.8, 4) is 5.82 Å². The highest BCUT2D eigenvalue weighted by Crippen LogP contribution is 2.23. The second-order valence-electron chi connectivity index (χ2n) is 6.55. The van der Waals surface area contributed by atoms with E-state index in [0.29, 0.717) is 6.54 Å². The Balaban J connectivity index is 0.00000243. The number of aliphatic imine (C=N–C) groups is 1. The SMILES string of the molecule is CN=C(NCc1ccc(-n2ccnc2C)nc1)NCC1(C)CCCO1.I. The van der Waals surface area contributed by atoms with E-state index in [0.717, 1.165) is 49.2 Å². The highest BCUT2D eigenvalue weighted by Gasteiger charge is 2.29. The van der Waals surface area contributed by atoms with Gasteiger partial charge in [0.2, 0.25) is 0 Å². The first-order valence-electron chi connectivity index (χ1n) is 8.63. The minimum atomic E-state index is -0.0938. The second kappa shape index (κ2) is 9.31. The van der Waals surface area contributed by atoms with Crippen LogP contribution in [-0.2, 0) is 11.3 Å². The summed E-state index contributed by atoms with van der Waals surface area (Å²) in [6.07, 6.45) is 7.76.